The highest BCUT2D eigenvalue weighted by Crippen LogP contribution is 2.34. The lowest BCUT2D eigenvalue weighted by molar-refractivity contribution is -0.138. The van der Waals surface area contributed by atoms with Gasteiger partial charge in [0.05, 0.1) is 17.4 Å². The molecule has 2 heterocycles. The molecule has 2 rings (SSSR count). The molecule has 0 radical (unpaired) electrons. The largest absolute Gasteiger partial charge is 0.419 e. The van der Waals surface area contributed by atoms with Crippen molar-refractivity contribution < 1.29 is 13.2 Å². The normalized spacial score (nSPS) is 12.0. The lowest BCUT2D eigenvalue weighted by atomic mass is 10.2. The summed E-state index contributed by atoms with van der Waals surface area (Å²) in [6.07, 6.45) is -3.51. The van der Waals surface area contributed by atoms with Gasteiger partial charge in [-0.05, 0) is 22.0 Å². The Kier molecular flexibility index (Phi) is 2.45. The van der Waals surface area contributed by atoms with E-state index in [2.05, 4.69) is 30.9 Å². The molecule has 0 aromatic carbocycles. The van der Waals surface area contributed by atoms with Gasteiger partial charge >= 0.3 is 6.18 Å². The fourth-order valence-corrected chi connectivity index (χ4v) is 1.69. The molecule has 0 aliphatic rings. The first-order valence-corrected chi connectivity index (χ1v) is 4.80. The zero-order chi connectivity index (χ0) is 11.9. The summed E-state index contributed by atoms with van der Waals surface area (Å²) < 4.78 is 37.1. The van der Waals surface area contributed by atoms with Gasteiger partial charge in [-0.2, -0.15) is 13.2 Å². The number of alkyl halides is 3. The van der Waals surface area contributed by atoms with E-state index < -0.39 is 21.9 Å². The second-order valence-corrected chi connectivity index (χ2v) is 3.68. The summed E-state index contributed by atoms with van der Waals surface area (Å²) in [7, 11) is 0. The summed E-state index contributed by atoms with van der Waals surface area (Å²) in [6, 6.07) is 0.779. The summed E-state index contributed by atoms with van der Waals surface area (Å²) in [6.45, 7) is 0. The first-order valence-electron chi connectivity index (χ1n) is 4.01. The minimum atomic E-state index is -4.54. The van der Waals surface area contributed by atoms with Crippen LogP contribution in [-0.4, -0.2) is 15.0 Å². The van der Waals surface area contributed by atoms with E-state index in [9.17, 15) is 18.0 Å². The highest BCUT2D eigenvalue weighted by atomic mass is 79.9. The van der Waals surface area contributed by atoms with E-state index in [-0.39, 0.29) is 11.0 Å². The molecule has 2 aromatic heterocycles. The predicted molar refractivity (Wildman–Crippen MR) is 52.9 cm³/mol. The van der Waals surface area contributed by atoms with Crippen molar-refractivity contribution in [1.82, 2.24) is 15.0 Å². The molecule has 0 atom stereocenters. The quantitative estimate of drug-likeness (QED) is 0.757. The van der Waals surface area contributed by atoms with Crippen LogP contribution in [0.4, 0.5) is 13.2 Å². The van der Waals surface area contributed by atoms with Gasteiger partial charge in [0.1, 0.15) is 4.60 Å². The Balaban J connectivity index is 2.83. The van der Waals surface area contributed by atoms with Crippen molar-refractivity contribution in [3.63, 3.8) is 0 Å². The number of hydrogen-bond acceptors (Lipinski definition) is 3. The Morgan fingerprint density at radius 3 is 2.69 bits per heavy atom. The molecule has 0 amide bonds. The number of hydrogen-bond donors (Lipinski definition) is 1. The Morgan fingerprint density at radius 1 is 1.38 bits per heavy atom. The molecule has 0 fully saturated rings. The average Bonchev–Trinajstić information content (AvgIpc) is 2.17. The first-order chi connectivity index (χ1) is 7.39. The molecular formula is C8H3BrF3N3O. The van der Waals surface area contributed by atoms with Gasteiger partial charge in [0, 0.05) is 0 Å². The molecule has 84 valence electrons. The molecule has 0 saturated heterocycles. The van der Waals surface area contributed by atoms with Gasteiger partial charge in [-0.15, -0.1) is 0 Å². The van der Waals surface area contributed by atoms with Crippen LogP contribution in [0.15, 0.2) is 21.8 Å². The molecule has 2 aromatic rings. The number of aromatic amines is 1. The predicted octanol–water partition coefficient (Wildman–Crippen LogP) is 2.10. The Labute approximate surface area is 94.7 Å². The van der Waals surface area contributed by atoms with Gasteiger partial charge < -0.3 is 4.98 Å². The molecule has 0 unspecified atom stereocenters. The minimum absolute atomic E-state index is 0.0979. The maximum absolute atomic E-state index is 12.5. The van der Waals surface area contributed by atoms with Crippen molar-refractivity contribution in [2.45, 2.75) is 6.18 Å². The highest BCUT2D eigenvalue weighted by Gasteiger charge is 2.34. The highest BCUT2D eigenvalue weighted by molar-refractivity contribution is 9.10. The van der Waals surface area contributed by atoms with Crippen molar-refractivity contribution in [2.75, 3.05) is 0 Å². The van der Waals surface area contributed by atoms with E-state index in [0.717, 1.165) is 12.4 Å². The summed E-state index contributed by atoms with van der Waals surface area (Å²) >= 11 is 2.68. The molecule has 4 nitrogen and oxygen atoms in total. The molecule has 0 bridgehead atoms. The number of pyridine rings is 1. The topological polar surface area (TPSA) is 58.6 Å². The third-order valence-corrected chi connectivity index (χ3v) is 2.48. The van der Waals surface area contributed by atoms with E-state index in [1.54, 1.807) is 0 Å². The van der Waals surface area contributed by atoms with E-state index in [1.165, 1.54) is 0 Å². The van der Waals surface area contributed by atoms with E-state index >= 15 is 0 Å². The maximum atomic E-state index is 12.5. The number of halogens is 4. The van der Waals surface area contributed by atoms with Crippen LogP contribution in [0.25, 0.3) is 11.0 Å². The van der Waals surface area contributed by atoms with Crippen LogP contribution in [0.3, 0.4) is 0 Å². The standard InChI is InChI=1S/C8H3BrF3N3O/c9-6-3(8(10,11)12)1-4-5(15-6)7(16)14-2-13-4/h1-2H,(H,13,14,16). The molecule has 0 spiro atoms. The van der Waals surface area contributed by atoms with Crippen LogP contribution >= 0.6 is 15.9 Å². The zero-order valence-corrected chi connectivity index (χ0v) is 9.06. The van der Waals surface area contributed by atoms with Crippen LogP contribution < -0.4 is 5.56 Å². The number of H-pyrrole nitrogens is 1. The molecule has 0 saturated carbocycles. The van der Waals surface area contributed by atoms with Gasteiger partial charge in [-0.25, -0.2) is 9.97 Å². The molecule has 0 aliphatic carbocycles. The van der Waals surface area contributed by atoms with E-state index in [4.69, 9.17) is 0 Å². The first kappa shape index (κ1) is 11.1. The van der Waals surface area contributed by atoms with Gasteiger partial charge in [0.15, 0.2) is 5.52 Å². The number of fused-ring (bicyclic) bond motifs is 1. The number of nitrogens with zero attached hydrogens (tertiary/aromatic N) is 2. The van der Waals surface area contributed by atoms with Crippen LogP contribution in [0.2, 0.25) is 0 Å². The van der Waals surface area contributed by atoms with Crippen LogP contribution in [0.1, 0.15) is 5.56 Å². The van der Waals surface area contributed by atoms with Crippen molar-refractivity contribution in [2.24, 2.45) is 0 Å². The third-order valence-electron chi connectivity index (χ3n) is 1.88. The van der Waals surface area contributed by atoms with Gasteiger partial charge in [-0.3, -0.25) is 4.79 Å². The monoisotopic (exact) mass is 293 g/mol. The summed E-state index contributed by atoms with van der Waals surface area (Å²) in [5.41, 5.74) is -1.78. The van der Waals surface area contributed by atoms with Crippen LogP contribution in [0.5, 0.6) is 0 Å². The van der Waals surface area contributed by atoms with Gasteiger partial charge in [0.2, 0.25) is 0 Å². The SMILES string of the molecule is O=c1[nH]cnc2cc(C(F)(F)F)c(Br)nc12. The Bertz CT molecular complexity index is 607. The average molecular weight is 294 g/mol. The van der Waals surface area contributed by atoms with Gasteiger partial charge in [-0.1, -0.05) is 0 Å². The Hall–Kier alpha value is -1.44. The smallest absolute Gasteiger partial charge is 0.311 e. The molecule has 1 N–H and O–H groups in total. The molecule has 8 heteroatoms. The maximum Gasteiger partial charge on any atom is 0.419 e. The summed E-state index contributed by atoms with van der Waals surface area (Å²) in [5.74, 6) is 0. The number of nitrogens with one attached hydrogen (secondary N) is 1. The zero-order valence-electron chi connectivity index (χ0n) is 7.47. The second kappa shape index (κ2) is 3.55. The number of rotatable bonds is 0. The summed E-state index contributed by atoms with van der Waals surface area (Å²) in [4.78, 5) is 20.6. The minimum Gasteiger partial charge on any atom is -0.311 e. The van der Waals surface area contributed by atoms with Crippen molar-refractivity contribution in [1.29, 1.82) is 0 Å². The fourth-order valence-electron chi connectivity index (χ4n) is 1.17. The van der Waals surface area contributed by atoms with E-state index in [1.807, 2.05) is 0 Å². The fraction of sp³-hybridized carbons (Fsp3) is 0.125. The van der Waals surface area contributed by atoms with Gasteiger partial charge in [0.25, 0.3) is 5.56 Å². The van der Waals surface area contributed by atoms with Crippen molar-refractivity contribution in [3.05, 3.63) is 32.9 Å². The number of aromatic nitrogens is 3. The van der Waals surface area contributed by atoms with Crippen molar-refractivity contribution >= 4 is 27.0 Å². The van der Waals surface area contributed by atoms with Crippen molar-refractivity contribution in [3.8, 4) is 0 Å². The van der Waals surface area contributed by atoms with E-state index in [0.29, 0.717) is 0 Å². The third kappa shape index (κ3) is 1.80. The summed E-state index contributed by atoms with van der Waals surface area (Å²) in [5, 5.41) is 0. The van der Waals surface area contributed by atoms with Crippen LogP contribution in [0, 0.1) is 0 Å². The van der Waals surface area contributed by atoms with Crippen LogP contribution in [-0.2, 0) is 6.18 Å². The molecule has 0 aliphatic heterocycles. The lowest BCUT2D eigenvalue weighted by Crippen LogP contribution is -2.12. The second-order valence-electron chi connectivity index (χ2n) is 2.92. The Morgan fingerprint density at radius 2 is 2.06 bits per heavy atom. The molecular weight excluding hydrogens is 291 g/mol. The lowest BCUT2D eigenvalue weighted by Gasteiger charge is -2.08. The molecule has 16 heavy (non-hydrogen) atoms.